The van der Waals surface area contributed by atoms with Crippen LogP contribution >= 0.6 is 0 Å². The third kappa shape index (κ3) is 2.62. The van der Waals surface area contributed by atoms with Crippen molar-refractivity contribution < 1.29 is 0 Å². The lowest BCUT2D eigenvalue weighted by molar-refractivity contribution is 0.644. The molecule has 0 spiro atoms. The van der Waals surface area contributed by atoms with E-state index >= 15 is 0 Å². The van der Waals surface area contributed by atoms with Crippen LogP contribution in [0.1, 0.15) is 0 Å². The molecule has 0 rings (SSSR count). The van der Waals surface area contributed by atoms with Crippen molar-refractivity contribution in [2.75, 3.05) is 0 Å². The molecule has 12 heavy (non-hydrogen) atoms. The summed E-state index contributed by atoms with van der Waals surface area (Å²) in [4.78, 5) is 0. The van der Waals surface area contributed by atoms with Crippen molar-refractivity contribution in [3.8, 4) is 0 Å². The summed E-state index contributed by atoms with van der Waals surface area (Å²) in [7, 11) is 0. The van der Waals surface area contributed by atoms with E-state index in [1.165, 1.54) is 0 Å². The molecule has 0 aromatic carbocycles. The van der Waals surface area contributed by atoms with Crippen LogP contribution in [0, 0.1) is 0 Å². The molecular formula is C9H17N3. The average Bonchev–Trinajstić information content (AvgIpc) is 2.12. The first-order chi connectivity index (χ1) is 5.54. The van der Waals surface area contributed by atoms with Crippen molar-refractivity contribution in [1.82, 2.24) is 0 Å². The minimum absolute atomic E-state index is 0.300. The van der Waals surface area contributed by atoms with E-state index in [1.807, 2.05) is 0 Å². The fourth-order valence-electron chi connectivity index (χ4n) is 0.767. The van der Waals surface area contributed by atoms with E-state index in [9.17, 15) is 0 Å². The van der Waals surface area contributed by atoms with Gasteiger partial charge in [-0.25, -0.2) is 0 Å². The Labute approximate surface area is 73.6 Å². The second-order valence-corrected chi connectivity index (χ2v) is 2.68. The molecule has 0 aliphatic rings. The van der Waals surface area contributed by atoms with Gasteiger partial charge in [-0.15, -0.1) is 13.2 Å². The van der Waals surface area contributed by atoms with E-state index in [0.717, 1.165) is 0 Å². The maximum absolute atomic E-state index is 5.72. The highest BCUT2D eigenvalue weighted by Crippen LogP contribution is 2.05. The third-order valence-corrected chi connectivity index (χ3v) is 1.80. The highest BCUT2D eigenvalue weighted by atomic mass is 14.8. The molecule has 0 saturated carbocycles. The Hall–Kier alpha value is -0.900. The van der Waals surface area contributed by atoms with Gasteiger partial charge >= 0.3 is 0 Å². The molecular weight excluding hydrogens is 150 g/mol. The summed E-state index contributed by atoms with van der Waals surface area (Å²) < 4.78 is 0. The molecule has 0 heterocycles. The van der Waals surface area contributed by atoms with Gasteiger partial charge in [0, 0.05) is 18.1 Å². The van der Waals surface area contributed by atoms with Gasteiger partial charge in [-0.05, 0) is 5.57 Å². The standard InChI is InChI=1S/C9H17N3/c1-4-7(10)6(3)9(12)8(11)5-2/h4-5,7-9H,1-3,10-12H2. The Morgan fingerprint density at radius 3 is 1.92 bits per heavy atom. The van der Waals surface area contributed by atoms with Crippen LogP contribution in [0.15, 0.2) is 37.5 Å². The van der Waals surface area contributed by atoms with E-state index in [4.69, 9.17) is 17.2 Å². The van der Waals surface area contributed by atoms with Crippen LogP contribution in [-0.2, 0) is 0 Å². The zero-order valence-electron chi connectivity index (χ0n) is 7.24. The first-order valence-electron chi connectivity index (χ1n) is 3.75. The molecule has 0 aliphatic heterocycles. The van der Waals surface area contributed by atoms with Crippen LogP contribution in [0.5, 0.6) is 0 Å². The third-order valence-electron chi connectivity index (χ3n) is 1.80. The lowest BCUT2D eigenvalue weighted by atomic mass is 9.96. The summed E-state index contributed by atoms with van der Waals surface area (Å²) in [6.45, 7) is 10.8. The van der Waals surface area contributed by atoms with Crippen molar-refractivity contribution >= 4 is 0 Å². The molecule has 0 radical (unpaired) electrons. The van der Waals surface area contributed by atoms with E-state index in [2.05, 4.69) is 19.7 Å². The normalized spacial score (nSPS) is 17.6. The highest BCUT2D eigenvalue weighted by molar-refractivity contribution is 5.21. The molecule has 6 N–H and O–H groups in total. The maximum atomic E-state index is 5.72. The SMILES string of the molecule is C=CC(N)C(=C)C(N)C(N)C=C. The van der Waals surface area contributed by atoms with E-state index < -0.39 is 0 Å². The summed E-state index contributed by atoms with van der Waals surface area (Å²) in [5.41, 5.74) is 17.6. The van der Waals surface area contributed by atoms with Gasteiger partial charge in [0.1, 0.15) is 0 Å². The molecule has 3 atom stereocenters. The lowest BCUT2D eigenvalue weighted by Crippen LogP contribution is -2.45. The predicted octanol–water partition coefficient (Wildman–Crippen LogP) is -0.103. The summed E-state index contributed by atoms with van der Waals surface area (Å²) in [6, 6.07) is -0.954. The minimum atomic E-state index is -0.351. The zero-order valence-corrected chi connectivity index (χ0v) is 7.24. The smallest absolute Gasteiger partial charge is 0.0459 e. The van der Waals surface area contributed by atoms with Crippen molar-refractivity contribution in [3.63, 3.8) is 0 Å². The summed E-state index contributed by atoms with van der Waals surface area (Å²) in [5.74, 6) is 0. The van der Waals surface area contributed by atoms with Crippen molar-refractivity contribution in [2.24, 2.45) is 17.2 Å². The van der Waals surface area contributed by atoms with Gasteiger partial charge in [0.25, 0.3) is 0 Å². The van der Waals surface area contributed by atoms with Crippen LogP contribution in [0.2, 0.25) is 0 Å². The van der Waals surface area contributed by atoms with Crippen molar-refractivity contribution in [3.05, 3.63) is 37.5 Å². The Balaban J connectivity index is 4.27. The lowest BCUT2D eigenvalue weighted by Gasteiger charge is -2.21. The maximum Gasteiger partial charge on any atom is 0.0459 e. The van der Waals surface area contributed by atoms with Crippen LogP contribution in [0.3, 0.4) is 0 Å². The first kappa shape index (κ1) is 11.1. The van der Waals surface area contributed by atoms with Gasteiger partial charge in [-0.2, -0.15) is 0 Å². The van der Waals surface area contributed by atoms with Crippen molar-refractivity contribution in [2.45, 2.75) is 18.1 Å². The highest BCUT2D eigenvalue weighted by Gasteiger charge is 2.16. The fourth-order valence-corrected chi connectivity index (χ4v) is 0.767. The average molecular weight is 167 g/mol. The van der Waals surface area contributed by atoms with Gasteiger partial charge in [-0.1, -0.05) is 18.7 Å². The predicted molar refractivity (Wildman–Crippen MR) is 53.5 cm³/mol. The van der Waals surface area contributed by atoms with Gasteiger partial charge in [0.05, 0.1) is 0 Å². The zero-order chi connectivity index (χ0) is 9.72. The monoisotopic (exact) mass is 167 g/mol. The quantitative estimate of drug-likeness (QED) is 0.500. The van der Waals surface area contributed by atoms with Crippen LogP contribution in [0.4, 0.5) is 0 Å². The summed E-state index contributed by atoms with van der Waals surface area (Å²) >= 11 is 0. The van der Waals surface area contributed by atoms with E-state index in [0.29, 0.717) is 5.57 Å². The van der Waals surface area contributed by atoms with Gasteiger partial charge in [0.2, 0.25) is 0 Å². The molecule has 0 aromatic rings. The second kappa shape index (κ2) is 4.87. The Kier molecular flexibility index (Phi) is 4.51. The molecule has 3 nitrogen and oxygen atoms in total. The number of nitrogens with two attached hydrogens (primary N) is 3. The van der Waals surface area contributed by atoms with Crippen LogP contribution < -0.4 is 17.2 Å². The fraction of sp³-hybridized carbons (Fsp3) is 0.333. The van der Waals surface area contributed by atoms with Gasteiger partial charge < -0.3 is 17.2 Å². The molecule has 68 valence electrons. The topological polar surface area (TPSA) is 78.1 Å². The minimum Gasteiger partial charge on any atom is -0.323 e. The van der Waals surface area contributed by atoms with Crippen molar-refractivity contribution in [1.29, 1.82) is 0 Å². The van der Waals surface area contributed by atoms with E-state index in [-0.39, 0.29) is 18.1 Å². The molecule has 0 saturated heterocycles. The molecule has 3 unspecified atom stereocenters. The number of hydrogen-bond donors (Lipinski definition) is 3. The first-order valence-corrected chi connectivity index (χ1v) is 3.75. The molecule has 3 heteroatoms. The Morgan fingerprint density at radius 1 is 1.08 bits per heavy atom. The largest absolute Gasteiger partial charge is 0.323 e. The number of hydrogen-bond acceptors (Lipinski definition) is 3. The van der Waals surface area contributed by atoms with Gasteiger partial charge in [-0.3, -0.25) is 0 Å². The number of rotatable bonds is 5. The van der Waals surface area contributed by atoms with Gasteiger partial charge in [0.15, 0.2) is 0 Å². The summed E-state index contributed by atoms with van der Waals surface area (Å²) in [6.07, 6.45) is 3.16. The van der Waals surface area contributed by atoms with Crippen LogP contribution in [0.25, 0.3) is 0 Å². The molecule has 0 aliphatic carbocycles. The summed E-state index contributed by atoms with van der Waals surface area (Å²) in [5, 5.41) is 0. The molecule has 0 aromatic heterocycles. The Morgan fingerprint density at radius 2 is 1.58 bits per heavy atom. The molecule has 0 amide bonds. The Bertz CT molecular complexity index is 186. The van der Waals surface area contributed by atoms with E-state index in [1.54, 1.807) is 12.2 Å². The second-order valence-electron chi connectivity index (χ2n) is 2.68. The molecule has 0 bridgehead atoms. The van der Waals surface area contributed by atoms with Crippen LogP contribution in [-0.4, -0.2) is 18.1 Å². The molecule has 0 fully saturated rings.